The molecule has 0 unspecified atom stereocenters. The zero-order valence-corrected chi connectivity index (χ0v) is 13.2. The molecular weight excluding hydrogens is 274 g/mol. The molecule has 1 saturated heterocycles. The number of hydrogen-bond acceptors (Lipinski definition) is 3. The molecule has 1 amide bonds. The Hall–Kier alpha value is -1.13. The molecule has 4 heteroatoms. The number of benzene rings is 1. The van der Waals surface area contributed by atoms with E-state index in [-0.39, 0.29) is 11.9 Å². The van der Waals surface area contributed by atoms with Crippen molar-refractivity contribution in [3.05, 3.63) is 39.8 Å². The first-order valence-corrected chi connectivity index (χ1v) is 7.47. The van der Waals surface area contributed by atoms with Crippen molar-refractivity contribution in [2.75, 3.05) is 0 Å². The van der Waals surface area contributed by atoms with Crippen LogP contribution in [0.15, 0.2) is 23.1 Å². The average molecular weight is 291 g/mol. The Balaban J connectivity index is 2.38. The Morgan fingerprint density at radius 1 is 1.32 bits per heavy atom. The quantitative estimate of drug-likeness (QED) is 0.608. The molecule has 0 spiro atoms. The van der Waals surface area contributed by atoms with E-state index in [2.05, 4.69) is 32.0 Å². The lowest BCUT2D eigenvalue weighted by molar-refractivity contribution is -0.123. The molecule has 0 saturated carbocycles. The molecule has 1 aliphatic heterocycles. The second kappa shape index (κ2) is 5.47. The Kier molecular flexibility index (Phi) is 4.11. The molecule has 1 heterocycles. The Morgan fingerprint density at radius 2 is 2.00 bits per heavy atom. The number of nitrogens with zero attached hydrogens (tertiary/aromatic N) is 1. The van der Waals surface area contributed by atoms with Crippen LogP contribution in [0, 0.1) is 13.8 Å². The van der Waals surface area contributed by atoms with Crippen LogP contribution in [-0.2, 0) is 4.79 Å². The van der Waals surface area contributed by atoms with Gasteiger partial charge in [0, 0.05) is 6.04 Å². The summed E-state index contributed by atoms with van der Waals surface area (Å²) >= 11 is 6.66. The highest BCUT2D eigenvalue weighted by molar-refractivity contribution is 8.26. The highest BCUT2D eigenvalue weighted by Crippen LogP contribution is 2.34. The van der Waals surface area contributed by atoms with Gasteiger partial charge in [0.15, 0.2) is 0 Å². The summed E-state index contributed by atoms with van der Waals surface area (Å²) in [6, 6.07) is 6.35. The van der Waals surface area contributed by atoms with E-state index in [9.17, 15) is 4.79 Å². The van der Waals surface area contributed by atoms with E-state index in [1.165, 1.54) is 22.9 Å². The molecule has 0 aromatic heterocycles. The number of carbonyl (C=O) groups is 1. The molecule has 0 radical (unpaired) electrons. The lowest BCUT2D eigenvalue weighted by Gasteiger charge is -2.18. The van der Waals surface area contributed by atoms with Crippen LogP contribution in [0.5, 0.6) is 0 Å². The molecule has 0 bridgehead atoms. The number of amides is 1. The summed E-state index contributed by atoms with van der Waals surface area (Å²) in [7, 11) is 0. The second-order valence-corrected chi connectivity index (χ2v) is 6.68. The molecule has 1 fully saturated rings. The van der Waals surface area contributed by atoms with Crippen LogP contribution in [0.2, 0.25) is 0 Å². The van der Waals surface area contributed by atoms with Crippen molar-refractivity contribution in [2.24, 2.45) is 0 Å². The predicted octanol–water partition coefficient (Wildman–Crippen LogP) is 3.91. The highest BCUT2D eigenvalue weighted by Gasteiger charge is 2.33. The summed E-state index contributed by atoms with van der Waals surface area (Å²) in [5.41, 5.74) is 3.45. The van der Waals surface area contributed by atoms with Crippen LogP contribution in [0.25, 0.3) is 6.08 Å². The lowest BCUT2D eigenvalue weighted by Crippen LogP contribution is -2.34. The van der Waals surface area contributed by atoms with E-state index in [1.54, 1.807) is 4.90 Å². The molecule has 2 rings (SSSR count). The second-order valence-electron chi connectivity index (χ2n) is 5.01. The number of hydrogen-bond donors (Lipinski definition) is 0. The number of thioether (sulfide) groups is 1. The van der Waals surface area contributed by atoms with Gasteiger partial charge in [-0.1, -0.05) is 47.7 Å². The van der Waals surface area contributed by atoms with Gasteiger partial charge in [-0.25, -0.2) is 0 Å². The van der Waals surface area contributed by atoms with Gasteiger partial charge < -0.3 is 0 Å². The van der Waals surface area contributed by atoms with E-state index in [1.807, 2.05) is 19.9 Å². The minimum absolute atomic E-state index is 0.0194. The molecule has 2 nitrogen and oxygen atoms in total. The molecule has 0 aliphatic carbocycles. The fraction of sp³-hybridized carbons (Fsp3) is 0.333. The largest absolute Gasteiger partial charge is 0.290 e. The Morgan fingerprint density at radius 3 is 2.58 bits per heavy atom. The van der Waals surface area contributed by atoms with Crippen molar-refractivity contribution >= 4 is 40.3 Å². The molecule has 100 valence electrons. The van der Waals surface area contributed by atoms with Crippen molar-refractivity contribution in [2.45, 2.75) is 33.7 Å². The SMILES string of the molecule is Cc1ccc(C)c(/C=C2\SC(=S)N(C(C)C)C2=O)c1. The topological polar surface area (TPSA) is 20.3 Å². The highest BCUT2D eigenvalue weighted by atomic mass is 32.2. The van der Waals surface area contributed by atoms with E-state index in [0.717, 1.165) is 5.56 Å². The Bertz CT molecular complexity index is 576. The summed E-state index contributed by atoms with van der Waals surface area (Å²) in [4.78, 5) is 14.7. The monoisotopic (exact) mass is 291 g/mol. The minimum Gasteiger partial charge on any atom is -0.290 e. The summed E-state index contributed by atoms with van der Waals surface area (Å²) < 4.78 is 0.650. The third-order valence-corrected chi connectivity index (χ3v) is 4.39. The number of aryl methyl sites for hydroxylation is 2. The van der Waals surface area contributed by atoms with Crippen LogP contribution in [0.4, 0.5) is 0 Å². The maximum absolute atomic E-state index is 12.3. The summed E-state index contributed by atoms with van der Waals surface area (Å²) in [5, 5.41) is 0. The lowest BCUT2D eigenvalue weighted by atomic mass is 10.1. The van der Waals surface area contributed by atoms with Crippen molar-refractivity contribution < 1.29 is 4.79 Å². The first-order chi connectivity index (χ1) is 8.90. The van der Waals surface area contributed by atoms with Gasteiger partial charge in [-0.3, -0.25) is 9.69 Å². The molecule has 1 aromatic rings. The van der Waals surface area contributed by atoms with E-state index < -0.39 is 0 Å². The van der Waals surface area contributed by atoms with Gasteiger partial charge in [0.2, 0.25) is 0 Å². The molecule has 1 aromatic carbocycles. The van der Waals surface area contributed by atoms with Crippen LogP contribution < -0.4 is 0 Å². The third-order valence-electron chi connectivity index (χ3n) is 3.06. The van der Waals surface area contributed by atoms with E-state index in [0.29, 0.717) is 9.23 Å². The van der Waals surface area contributed by atoms with Gasteiger partial charge in [0.05, 0.1) is 4.91 Å². The van der Waals surface area contributed by atoms with Gasteiger partial charge in [0.1, 0.15) is 4.32 Å². The third kappa shape index (κ3) is 2.90. The number of rotatable bonds is 2. The number of thiocarbonyl (C=S) groups is 1. The molecule has 19 heavy (non-hydrogen) atoms. The van der Waals surface area contributed by atoms with Crippen molar-refractivity contribution in [3.63, 3.8) is 0 Å². The van der Waals surface area contributed by atoms with Crippen LogP contribution in [-0.4, -0.2) is 21.2 Å². The van der Waals surface area contributed by atoms with E-state index in [4.69, 9.17) is 12.2 Å². The zero-order valence-electron chi connectivity index (χ0n) is 11.6. The van der Waals surface area contributed by atoms with Gasteiger partial charge in [0.25, 0.3) is 5.91 Å². The summed E-state index contributed by atoms with van der Waals surface area (Å²) in [6.45, 7) is 8.06. The first kappa shape index (κ1) is 14.3. The minimum atomic E-state index is 0.0194. The molecular formula is C15H17NOS2. The molecule has 0 N–H and O–H groups in total. The summed E-state index contributed by atoms with van der Waals surface area (Å²) in [5.74, 6) is 0.0194. The average Bonchev–Trinajstić information content (AvgIpc) is 2.59. The predicted molar refractivity (Wildman–Crippen MR) is 86.1 cm³/mol. The number of carbonyl (C=O) groups excluding carboxylic acids is 1. The maximum Gasteiger partial charge on any atom is 0.266 e. The van der Waals surface area contributed by atoms with Crippen LogP contribution in [0.1, 0.15) is 30.5 Å². The first-order valence-electron chi connectivity index (χ1n) is 6.24. The van der Waals surface area contributed by atoms with E-state index >= 15 is 0 Å². The Labute approximate surface area is 123 Å². The van der Waals surface area contributed by atoms with Gasteiger partial charge >= 0.3 is 0 Å². The fourth-order valence-corrected chi connectivity index (χ4v) is 3.50. The standard InChI is InChI=1S/C15H17NOS2/c1-9(2)16-14(17)13(19-15(16)18)8-12-7-10(3)5-6-11(12)4/h5-9H,1-4H3/b13-8-. The molecule has 0 atom stereocenters. The maximum atomic E-state index is 12.3. The van der Waals surface area contributed by atoms with Crippen LogP contribution in [0.3, 0.4) is 0 Å². The molecule has 1 aliphatic rings. The van der Waals surface area contributed by atoms with Crippen LogP contribution >= 0.6 is 24.0 Å². The van der Waals surface area contributed by atoms with Gasteiger partial charge in [-0.15, -0.1) is 0 Å². The van der Waals surface area contributed by atoms with Crippen molar-refractivity contribution in [1.82, 2.24) is 4.90 Å². The summed E-state index contributed by atoms with van der Waals surface area (Å²) in [6.07, 6.45) is 1.95. The normalized spacial score (nSPS) is 17.9. The smallest absolute Gasteiger partial charge is 0.266 e. The zero-order chi connectivity index (χ0) is 14.2. The van der Waals surface area contributed by atoms with Crippen molar-refractivity contribution in [1.29, 1.82) is 0 Å². The van der Waals surface area contributed by atoms with Gasteiger partial charge in [-0.05, 0) is 44.9 Å². The fourth-order valence-electron chi connectivity index (χ4n) is 1.98. The van der Waals surface area contributed by atoms with Gasteiger partial charge in [-0.2, -0.15) is 0 Å². The van der Waals surface area contributed by atoms with Crippen molar-refractivity contribution in [3.8, 4) is 0 Å².